The first-order valence-electron chi connectivity index (χ1n) is 5.58. The standard InChI is InChI=1S/C11H18N4O/c1-3-4-5-6-7-12-15-11-13-9(2)8-10(16)14-11/h7-8H,3-6H2,1-2H3,(H2,13,14,15,16)/b12-7+. The Bertz CT molecular complexity index is 397. The molecule has 0 radical (unpaired) electrons. The van der Waals surface area contributed by atoms with Crippen LogP contribution in [0.5, 0.6) is 0 Å². The first kappa shape index (κ1) is 12.4. The second-order valence-corrected chi connectivity index (χ2v) is 3.65. The maximum absolute atomic E-state index is 11.1. The smallest absolute Gasteiger partial charge is 0.252 e. The number of H-pyrrole nitrogens is 1. The van der Waals surface area contributed by atoms with Crippen molar-refractivity contribution in [3.63, 3.8) is 0 Å². The molecule has 0 aliphatic heterocycles. The highest BCUT2D eigenvalue weighted by Gasteiger charge is 1.94. The molecular weight excluding hydrogens is 204 g/mol. The van der Waals surface area contributed by atoms with Crippen molar-refractivity contribution in [2.24, 2.45) is 5.10 Å². The highest BCUT2D eigenvalue weighted by molar-refractivity contribution is 5.58. The Kier molecular flexibility index (Phi) is 5.25. The van der Waals surface area contributed by atoms with E-state index in [1.165, 1.54) is 18.9 Å². The highest BCUT2D eigenvalue weighted by Crippen LogP contribution is 1.97. The van der Waals surface area contributed by atoms with Gasteiger partial charge in [-0.3, -0.25) is 9.78 Å². The third kappa shape index (κ3) is 4.72. The third-order valence-corrected chi connectivity index (χ3v) is 2.07. The molecule has 0 saturated heterocycles. The number of hydrazone groups is 1. The van der Waals surface area contributed by atoms with Crippen molar-refractivity contribution in [1.82, 2.24) is 9.97 Å². The van der Waals surface area contributed by atoms with Crippen LogP contribution in [0.2, 0.25) is 0 Å². The molecular formula is C11H18N4O. The SMILES string of the molecule is CCCCC/C=N/Nc1nc(C)cc(=O)[nH]1. The highest BCUT2D eigenvalue weighted by atomic mass is 16.1. The Labute approximate surface area is 95.0 Å². The van der Waals surface area contributed by atoms with Gasteiger partial charge in [-0.1, -0.05) is 19.8 Å². The van der Waals surface area contributed by atoms with Gasteiger partial charge in [0.15, 0.2) is 0 Å². The molecule has 0 aliphatic carbocycles. The van der Waals surface area contributed by atoms with Gasteiger partial charge >= 0.3 is 0 Å². The average molecular weight is 222 g/mol. The van der Waals surface area contributed by atoms with Crippen LogP contribution in [0.25, 0.3) is 0 Å². The molecule has 0 amide bonds. The molecule has 0 aromatic carbocycles. The Balaban J connectivity index is 2.39. The second kappa shape index (κ2) is 6.76. The molecule has 1 rings (SSSR count). The quantitative estimate of drug-likeness (QED) is 0.439. The lowest BCUT2D eigenvalue weighted by Gasteiger charge is -1.99. The number of hydrogen-bond acceptors (Lipinski definition) is 4. The van der Waals surface area contributed by atoms with E-state index in [0.29, 0.717) is 11.6 Å². The van der Waals surface area contributed by atoms with Gasteiger partial charge in [-0.2, -0.15) is 5.10 Å². The van der Waals surface area contributed by atoms with Crippen molar-refractivity contribution < 1.29 is 0 Å². The number of rotatable bonds is 6. The summed E-state index contributed by atoms with van der Waals surface area (Å²) in [5.41, 5.74) is 3.21. The van der Waals surface area contributed by atoms with Crippen molar-refractivity contribution in [3.8, 4) is 0 Å². The van der Waals surface area contributed by atoms with Crippen molar-refractivity contribution in [2.75, 3.05) is 5.43 Å². The van der Waals surface area contributed by atoms with E-state index in [9.17, 15) is 4.79 Å². The van der Waals surface area contributed by atoms with Crippen LogP contribution < -0.4 is 11.0 Å². The van der Waals surface area contributed by atoms with E-state index < -0.39 is 0 Å². The minimum atomic E-state index is -0.170. The monoisotopic (exact) mass is 222 g/mol. The molecule has 5 nitrogen and oxygen atoms in total. The first-order chi connectivity index (χ1) is 7.72. The maximum atomic E-state index is 11.1. The van der Waals surface area contributed by atoms with Crippen molar-refractivity contribution in [1.29, 1.82) is 0 Å². The average Bonchev–Trinajstić information content (AvgIpc) is 2.22. The molecule has 1 aromatic heterocycles. The number of nitrogens with one attached hydrogen (secondary N) is 2. The lowest BCUT2D eigenvalue weighted by atomic mass is 10.2. The van der Waals surface area contributed by atoms with Crippen LogP contribution in [0, 0.1) is 6.92 Å². The summed E-state index contributed by atoms with van der Waals surface area (Å²) < 4.78 is 0. The molecule has 1 heterocycles. The molecule has 16 heavy (non-hydrogen) atoms. The molecule has 2 N–H and O–H groups in total. The first-order valence-corrected chi connectivity index (χ1v) is 5.58. The molecule has 1 aromatic rings. The van der Waals surface area contributed by atoms with Crippen LogP contribution in [0.3, 0.4) is 0 Å². The lowest BCUT2D eigenvalue weighted by molar-refractivity contribution is 0.746. The van der Waals surface area contributed by atoms with E-state index in [-0.39, 0.29) is 5.56 Å². The van der Waals surface area contributed by atoms with Gasteiger partial charge in [0.25, 0.3) is 5.56 Å². The zero-order valence-corrected chi connectivity index (χ0v) is 9.79. The van der Waals surface area contributed by atoms with Crippen LogP contribution in [0.15, 0.2) is 16.0 Å². The van der Waals surface area contributed by atoms with Gasteiger partial charge < -0.3 is 0 Å². The number of hydrogen-bond donors (Lipinski definition) is 2. The zero-order valence-electron chi connectivity index (χ0n) is 9.79. The van der Waals surface area contributed by atoms with Gasteiger partial charge in [0, 0.05) is 18.0 Å². The van der Waals surface area contributed by atoms with Gasteiger partial charge in [0.05, 0.1) is 0 Å². The summed E-state index contributed by atoms with van der Waals surface area (Å²) in [6.07, 6.45) is 6.30. The van der Waals surface area contributed by atoms with Gasteiger partial charge in [0.2, 0.25) is 5.95 Å². The molecule has 0 aliphatic rings. The summed E-state index contributed by atoms with van der Waals surface area (Å²) in [7, 11) is 0. The fraction of sp³-hybridized carbons (Fsp3) is 0.545. The van der Waals surface area contributed by atoms with Gasteiger partial charge in [0.1, 0.15) is 0 Å². The van der Waals surface area contributed by atoms with E-state index >= 15 is 0 Å². The zero-order chi connectivity index (χ0) is 11.8. The Morgan fingerprint density at radius 1 is 1.56 bits per heavy atom. The Hall–Kier alpha value is -1.65. The van der Waals surface area contributed by atoms with Gasteiger partial charge in [-0.25, -0.2) is 10.4 Å². The van der Waals surface area contributed by atoms with E-state index in [0.717, 1.165) is 12.8 Å². The fourth-order valence-corrected chi connectivity index (χ4v) is 1.29. The third-order valence-electron chi connectivity index (χ3n) is 2.07. The van der Waals surface area contributed by atoms with E-state index in [1.54, 1.807) is 13.1 Å². The van der Waals surface area contributed by atoms with Crippen LogP contribution in [-0.4, -0.2) is 16.2 Å². The number of aryl methyl sites for hydroxylation is 1. The summed E-state index contributed by atoms with van der Waals surface area (Å²) in [5, 5.41) is 3.99. The predicted molar refractivity (Wildman–Crippen MR) is 65.9 cm³/mol. The minimum absolute atomic E-state index is 0.170. The molecule has 0 fully saturated rings. The predicted octanol–water partition coefficient (Wildman–Crippen LogP) is 2.06. The molecule has 0 spiro atoms. The van der Waals surface area contributed by atoms with Gasteiger partial charge in [-0.15, -0.1) is 0 Å². The summed E-state index contributed by atoms with van der Waals surface area (Å²) >= 11 is 0. The summed E-state index contributed by atoms with van der Waals surface area (Å²) in [6, 6.07) is 1.44. The van der Waals surface area contributed by atoms with Crippen molar-refractivity contribution in [3.05, 3.63) is 22.1 Å². The number of unbranched alkanes of at least 4 members (excludes halogenated alkanes) is 3. The molecule has 0 unspecified atom stereocenters. The van der Waals surface area contributed by atoms with E-state index in [2.05, 4.69) is 27.4 Å². The van der Waals surface area contributed by atoms with Crippen molar-refractivity contribution >= 4 is 12.2 Å². The van der Waals surface area contributed by atoms with Crippen LogP contribution in [0.4, 0.5) is 5.95 Å². The lowest BCUT2D eigenvalue weighted by Crippen LogP contribution is -2.10. The van der Waals surface area contributed by atoms with Crippen LogP contribution in [-0.2, 0) is 0 Å². The summed E-state index contributed by atoms with van der Waals surface area (Å²) in [4.78, 5) is 17.7. The topological polar surface area (TPSA) is 70.1 Å². The summed E-state index contributed by atoms with van der Waals surface area (Å²) in [5.74, 6) is 0.386. The maximum Gasteiger partial charge on any atom is 0.252 e. The number of anilines is 1. The Morgan fingerprint density at radius 3 is 3.06 bits per heavy atom. The minimum Gasteiger partial charge on any atom is -0.291 e. The molecule has 0 saturated carbocycles. The number of nitrogens with zero attached hydrogens (tertiary/aromatic N) is 2. The Morgan fingerprint density at radius 2 is 2.38 bits per heavy atom. The largest absolute Gasteiger partial charge is 0.291 e. The summed E-state index contributed by atoms with van der Waals surface area (Å²) in [6.45, 7) is 3.93. The van der Waals surface area contributed by atoms with E-state index in [1.807, 2.05) is 0 Å². The normalized spacial score (nSPS) is 10.9. The fourth-order valence-electron chi connectivity index (χ4n) is 1.29. The van der Waals surface area contributed by atoms with E-state index in [4.69, 9.17) is 0 Å². The molecule has 0 atom stereocenters. The molecule has 5 heteroatoms. The number of aromatic nitrogens is 2. The van der Waals surface area contributed by atoms with Crippen molar-refractivity contribution in [2.45, 2.75) is 39.5 Å². The molecule has 0 bridgehead atoms. The van der Waals surface area contributed by atoms with Crippen LogP contribution in [0.1, 0.15) is 38.3 Å². The van der Waals surface area contributed by atoms with Crippen LogP contribution >= 0.6 is 0 Å². The number of aromatic amines is 1. The second-order valence-electron chi connectivity index (χ2n) is 3.65. The van der Waals surface area contributed by atoms with Gasteiger partial charge in [-0.05, 0) is 19.8 Å². The molecule has 88 valence electrons.